The summed E-state index contributed by atoms with van der Waals surface area (Å²) in [4.78, 5) is 0. The van der Waals surface area contributed by atoms with Crippen molar-refractivity contribution in [1.29, 1.82) is 0 Å². The fraction of sp³-hybridized carbons (Fsp3) is 1.00. The number of quaternary nitrogens is 1. The van der Waals surface area contributed by atoms with Crippen LogP contribution in [0.3, 0.4) is 0 Å². The van der Waals surface area contributed by atoms with Crippen molar-refractivity contribution >= 4 is 10.2 Å². The Bertz CT molecular complexity index is 238. The maximum atomic E-state index is 3.57. The van der Waals surface area contributed by atoms with Gasteiger partial charge in [0, 0.05) is 16.8 Å². The first kappa shape index (κ1) is 24.1. The summed E-state index contributed by atoms with van der Waals surface area (Å²) in [5.74, 6) is 0. The maximum absolute atomic E-state index is 3.57. The van der Waals surface area contributed by atoms with Gasteiger partial charge in [0.15, 0.2) is 0 Å². The van der Waals surface area contributed by atoms with Gasteiger partial charge in [0.25, 0.3) is 0 Å². The summed E-state index contributed by atoms with van der Waals surface area (Å²) >= 11 is 0. The molecule has 0 rings (SSSR count). The molecule has 2 nitrogen and oxygen atoms in total. The zero-order chi connectivity index (χ0) is 17.9. The van der Waals surface area contributed by atoms with E-state index in [1.807, 2.05) is 0 Å². The predicted molar refractivity (Wildman–Crippen MR) is 115 cm³/mol. The van der Waals surface area contributed by atoms with Gasteiger partial charge in [-0.25, -0.2) is 0 Å². The molecule has 0 aliphatic rings. The van der Waals surface area contributed by atoms with Crippen LogP contribution in [0.4, 0.5) is 0 Å². The van der Waals surface area contributed by atoms with Gasteiger partial charge in [-0.3, -0.25) is 0 Å². The first-order valence-electron chi connectivity index (χ1n) is 11.1. The zero-order valence-corrected chi connectivity index (χ0v) is 19.7. The minimum atomic E-state index is 1.06. The Kier molecular flexibility index (Phi) is 18.0. The van der Waals surface area contributed by atoms with Crippen LogP contribution in [0, 0.1) is 0 Å². The van der Waals surface area contributed by atoms with Gasteiger partial charge >= 0.3 is 0 Å². The van der Waals surface area contributed by atoms with E-state index in [4.69, 9.17) is 0 Å². The number of nitrogens with one attached hydrogen (secondary N) is 1. The number of unbranched alkanes of at least 4 members (excludes halogenated alkanes) is 13. The standard InChI is InChI=1S/C21H49N2Si/c1-23(2,3)20-19-22-18-16-14-12-10-8-6-4-5-7-9-11-13-15-17-21-24/h22H,4-21H2,1-3,24H3/q+1. The average Bonchev–Trinajstić information content (AvgIpc) is 2.52. The Morgan fingerprint density at radius 2 is 0.917 bits per heavy atom. The number of hydrogen-bond acceptors (Lipinski definition) is 1. The topological polar surface area (TPSA) is 12.0 Å². The van der Waals surface area contributed by atoms with E-state index in [1.54, 1.807) is 0 Å². The van der Waals surface area contributed by atoms with E-state index in [1.165, 1.54) is 119 Å². The van der Waals surface area contributed by atoms with E-state index in [0.29, 0.717) is 0 Å². The molecule has 0 aromatic rings. The Balaban J connectivity index is 3.00. The molecule has 146 valence electrons. The van der Waals surface area contributed by atoms with Gasteiger partial charge in [0.05, 0.1) is 27.7 Å². The molecule has 0 radical (unpaired) electrons. The van der Waals surface area contributed by atoms with Crippen molar-refractivity contribution in [3.05, 3.63) is 0 Å². The lowest BCUT2D eigenvalue weighted by atomic mass is 10.0. The smallest absolute Gasteiger partial charge is 0.0907 e. The molecule has 0 saturated heterocycles. The first-order chi connectivity index (χ1) is 11.6. The molecule has 0 aliphatic heterocycles. The van der Waals surface area contributed by atoms with Gasteiger partial charge < -0.3 is 9.80 Å². The van der Waals surface area contributed by atoms with Crippen molar-refractivity contribution in [2.75, 3.05) is 40.8 Å². The molecule has 0 atom stereocenters. The van der Waals surface area contributed by atoms with E-state index < -0.39 is 0 Å². The molecule has 0 heterocycles. The molecular weight excluding hydrogens is 308 g/mol. The highest BCUT2D eigenvalue weighted by atomic mass is 28.1. The van der Waals surface area contributed by atoms with Crippen LogP contribution < -0.4 is 5.32 Å². The van der Waals surface area contributed by atoms with Crippen molar-refractivity contribution in [2.45, 2.75) is 95.9 Å². The Hall–Kier alpha value is 0.137. The van der Waals surface area contributed by atoms with Crippen molar-refractivity contribution in [3.8, 4) is 0 Å². The lowest BCUT2D eigenvalue weighted by molar-refractivity contribution is -0.869. The van der Waals surface area contributed by atoms with Crippen LogP contribution in [-0.4, -0.2) is 55.5 Å². The van der Waals surface area contributed by atoms with Gasteiger partial charge in [0.1, 0.15) is 0 Å². The molecule has 3 heteroatoms. The third-order valence-electron chi connectivity index (χ3n) is 4.92. The van der Waals surface area contributed by atoms with Crippen molar-refractivity contribution in [2.24, 2.45) is 0 Å². The molecule has 1 N–H and O–H groups in total. The third-order valence-corrected chi connectivity index (χ3v) is 5.62. The summed E-state index contributed by atoms with van der Waals surface area (Å²) in [7, 11) is 8.19. The molecule has 0 saturated carbocycles. The second-order valence-corrected chi connectivity index (χ2v) is 9.71. The van der Waals surface area contributed by atoms with E-state index >= 15 is 0 Å². The highest BCUT2D eigenvalue weighted by Crippen LogP contribution is 2.13. The third kappa shape index (κ3) is 22.1. The van der Waals surface area contributed by atoms with Crippen LogP contribution in [0.2, 0.25) is 6.04 Å². The number of likely N-dealkylation sites (N-methyl/N-ethyl adjacent to an activating group) is 1. The summed E-state index contributed by atoms with van der Waals surface area (Å²) in [5, 5.41) is 3.57. The second kappa shape index (κ2) is 17.9. The predicted octanol–water partition coefficient (Wildman–Crippen LogP) is 4.53. The largest absolute Gasteiger partial charge is 0.330 e. The van der Waals surface area contributed by atoms with Crippen LogP contribution in [0.15, 0.2) is 0 Å². The van der Waals surface area contributed by atoms with Crippen molar-refractivity contribution < 1.29 is 4.48 Å². The number of rotatable bonds is 19. The van der Waals surface area contributed by atoms with E-state index in [-0.39, 0.29) is 0 Å². The van der Waals surface area contributed by atoms with Crippen LogP contribution in [0.5, 0.6) is 0 Å². The van der Waals surface area contributed by atoms with Crippen LogP contribution >= 0.6 is 0 Å². The van der Waals surface area contributed by atoms with Gasteiger partial charge in [-0.2, -0.15) is 0 Å². The second-order valence-electron chi connectivity index (χ2n) is 8.71. The monoisotopic (exact) mass is 357 g/mol. The van der Waals surface area contributed by atoms with E-state index in [9.17, 15) is 0 Å². The zero-order valence-electron chi connectivity index (χ0n) is 17.7. The summed E-state index contributed by atoms with van der Waals surface area (Å²) in [6.45, 7) is 3.59. The van der Waals surface area contributed by atoms with E-state index in [2.05, 4.69) is 26.5 Å². The maximum Gasteiger partial charge on any atom is 0.0907 e. The molecule has 24 heavy (non-hydrogen) atoms. The molecule has 0 amide bonds. The van der Waals surface area contributed by atoms with Gasteiger partial charge in [-0.1, -0.05) is 89.5 Å². The van der Waals surface area contributed by atoms with Crippen LogP contribution in [0.1, 0.15) is 89.9 Å². The molecular formula is C21H49N2Si+. The van der Waals surface area contributed by atoms with Crippen LogP contribution in [0.25, 0.3) is 0 Å². The van der Waals surface area contributed by atoms with Crippen LogP contribution in [-0.2, 0) is 0 Å². The number of hydrogen-bond donors (Lipinski definition) is 1. The lowest BCUT2D eigenvalue weighted by Crippen LogP contribution is -2.40. The highest BCUT2D eigenvalue weighted by molar-refractivity contribution is 6.08. The summed E-state index contributed by atoms with van der Waals surface area (Å²) in [5.41, 5.74) is 0. The molecule has 0 fully saturated rings. The molecule has 0 aromatic heterocycles. The lowest BCUT2D eigenvalue weighted by Gasteiger charge is -2.23. The Morgan fingerprint density at radius 1 is 0.542 bits per heavy atom. The fourth-order valence-corrected chi connectivity index (χ4v) is 3.66. The molecule has 0 unspecified atom stereocenters. The Labute approximate surface area is 157 Å². The number of nitrogens with zero attached hydrogens (tertiary/aromatic N) is 1. The van der Waals surface area contributed by atoms with E-state index in [0.717, 1.165) is 11.0 Å². The molecule has 0 aromatic carbocycles. The van der Waals surface area contributed by atoms with Gasteiger partial charge in [0.2, 0.25) is 0 Å². The normalized spacial score (nSPS) is 12.1. The van der Waals surface area contributed by atoms with Gasteiger partial charge in [-0.15, -0.1) is 0 Å². The fourth-order valence-electron chi connectivity index (χ4n) is 3.16. The minimum Gasteiger partial charge on any atom is -0.330 e. The van der Waals surface area contributed by atoms with Gasteiger partial charge in [-0.05, 0) is 13.0 Å². The summed E-state index contributed by atoms with van der Waals surface area (Å²) in [6, 6.07) is 1.51. The first-order valence-corrected chi connectivity index (χ1v) is 12.5. The minimum absolute atomic E-state index is 1.06. The quantitative estimate of drug-likeness (QED) is 0.203. The van der Waals surface area contributed by atoms with Crippen molar-refractivity contribution in [1.82, 2.24) is 5.32 Å². The summed E-state index contributed by atoms with van der Waals surface area (Å²) < 4.78 is 1.06. The summed E-state index contributed by atoms with van der Waals surface area (Å²) in [6.07, 6.45) is 20.5. The van der Waals surface area contributed by atoms with Crippen molar-refractivity contribution in [3.63, 3.8) is 0 Å². The average molecular weight is 358 g/mol. The molecule has 0 aliphatic carbocycles. The molecule has 0 spiro atoms. The molecule has 0 bridgehead atoms. The SMILES string of the molecule is C[N+](C)(C)CCNCCCCCCCCCCCCCCCC[SiH3]. The highest BCUT2D eigenvalue weighted by Gasteiger charge is 2.04. The Morgan fingerprint density at radius 3 is 1.29 bits per heavy atom.